The summed E-state index contributed by atoms with van der Waals surface area (Å²) in [5, 5.41) is 4.36. The maximum Gasteiger partial charge on any atom is 0.263 e. The molecule has 0 aliphatic heterocycles. The number of rotatable bonds is 6. The van der Waals surface area contributed by atoms with Crippen LogP contribution < -0.4 is 10.9 Å². The van der Waals surface area contributed by atoms with Crippen molar-refractivity contribution in [3.05, 3.63) is 61.1 Å². The predicted octanol–water partition coefficient (Wildman–Crippen LogP) is 5.41. The van der Waals surface area contributed by atoms with E-state index in [1.807, 2.05) is 13.8 Å². The number of benzene rings is 1. The van der Waals surface area contributed by atoms with Crippen molar-refractivity contribution in [2.45, 2.75) is 25.5 Å². The van der Waals surface area contributed by atoms with E-state index in [2.05, 4.69) is 32.8 Å². The molecule has 5 nitrogen and oxygen atoms in total. The first-order valence-electron chi connectivity index (χ1n) is 8.31. The molecular weight excluding hydrogens is 482 g/mol. The summed E-state index contributed by atoms with van der Waals surface area (Å²) in [5.41, 5.74) is 1.38. The van der Waals surface area contributed by atoms with Crippen molar-refractivity contribution in [3.8, 4) is 0 Å². The molecule has 0 saturated heterocycles. The largest absolute Gasteiger partial charge is 0.324 e. The zero-order valence-corrected chi connectivity index (χ0v) is 19.2. The average molecular weight is 499 g/mol. The number of nitrogens with one attached hydrogen (secondary N) is 1. The standard InChI is InChI=1S/C19H17BrClN3O2S2/c1-4-7-24-18(26)16-10(2)11(3)28-17(16)23-19(24)27-9-15(25)22-14-6-5-12(20)8-13(14)21/h4-6,8H,1,7,9H2,2-3H3,(H,22,25). The van der Waals surface area contributed by atoms with E-state index >= 15 is 0 Å². The van der Waals surface area contributed by atoms with Gasteiger partial charge in [0.1, 0.15) is 4.83 Å². The highest BCUT2D eigenvalue weighted by molar-refractivity contribution is 9.10. The van der Waals surface area contributed by atoms with Crippen LogP contribution in [0.4, 0.5) is 5.69 Å². The van der Waals surface area contributed by atoms with Gasteiger partial charge in [0.15, 0.2) is 5.16 Å². The topological polar surface area (TPSA) is 64.0 Å². The summed E-state index contributed by atoms with van der Waals surface area (Å²) in [6.45, 7) is 7.96. The number of carbonyl (C=O) groups is 1. The van der Waals surface area contributed by atoms with Crippen LogP contribution in [0.25, 0.3) is 10.2 Å². The first kappa shape index (κ1) is 21.1. The molecule has 9 heteroatoms. The number of nitrogens with zero attached hydrogens (tertiary/aromatic N) is 2. The van der Waals surface area contributed by atoms with Crippen LogP contribution >= 0.6 is 50.6 Å². The summed E-state index contributed by atoms with van der Waals surface area (Å²) < 4.78 is 2.39. The molecule has 0 radical (unpaired) electrons. The van der Waals surface area contributed by atoms with Gasteiger partial charge >= 0.3 is 0 Å². The smallest absolute Gasteiger partial charge is 0.263 e. The predicted molar refractivity (Wildman–Crippen MR) is 122 cm³/mol. The van der Waals surface area contributed by atoms with Crippen molar-refractivity contribution in [2.24, 2.45) is 0 Å². The van der Waals surface area contributed by atoms with Gasteiger partial charge in [-0.05, 0) is 37.6 Å². The van der Waals surface area contributed by atoms with Crippen molar-refractivity contribution in [1.82, 2.24) is 9.55 Å². The average Bonchev–Trinajstić information content (AvgIpc) is 2.92. The zero-order valence-electron chi connectivity index (χ0n) is 15.2. The zero-order chi connectivity index (χ0) is 20.4. The third-order valence-electron chi connectivity index (χ3n) is 4.10. The monoisotopic (exact) mass is 497 g/mol. The van der Waals surface area contributed by atoms with Crippen molar-refractivity contribution in [2.75, 3.05) is 11.1 Å². The van der Waals surface area contributed by atoms with Crippen LogP contribution in [0, 0.1) is 13.8 Å². The van der Waals surface area contributed by atoms with Gasteiger partial charge in [-0.25, -0.2) is 4.98 Å². The Balaban J connectivity index is 1.85. The van der Waals surface area contributed by atoms with Gasteiger partial charge < -0.3 is 5.32 Å². The lowest BCUT2D eigenvalue weighted by molar-refractivity contribution is -0.113. The lowest BCUT2D eigenvalue weighted by Gasteiger charge is -2.11. The van der Waals surface area contributed by atoms with Gasteiger partial charge in [0.25, 0.3) is 5.56 Å². The van der Waals surface area contributed by atoms with Gasteiger partial charge in [0.2, 0.25) is 5.91 Å². The molecule has 28 heavy (non-hydrogen) atoms. The molecule has 0 aliphatic rings. The van der Waals surface area contributed by atoms with E-state index in [1.54, 1.807) is 28.8 Å². The summed E-state index contributed by atoms with van der Waals surface area (Å²) >= 11 is 12.2. The number of amides is 1. The van der Waals surface area contributed by atoms with Crippen molar-refractivity contribution >= 4 is 72.4 Å². The molecule has 0 bridgehead atoms. The van der Waals surface area contributed by atoms with Gasteiger partial charge in [-0.15, -0.1) is 17.9 Å². The fourth-order valence-corrected chi connectivity index (χ4v) is 5.22. The maximum atomic E-state index is 12.9. The van der Waals surface area contributed by atoms with Crippen LogP contribution in [-0.2, 0) is 11.3 Å². The second kappa shape index (κ2) is 8.82. The van der Waals surface area contributed by atoms with Crippen LogP contribution in [0.5, 0.6) is 0 Å². The van der Waals surface area contributed by atoms with Gasteiger partial charge in [-0.2, -0.15) is 0 Å². The van der Waals surface area contributed by atoms with Crippen LogP contribution in [0.15, 0.2) is 45.3 Å². The number of halogens is 2. The number of anilines is 1. The Morgan fingerprint density at radius 2 is 2.21 bits per heavy atom. The molecule has 3 rings (SSSR count). The van der Waals surface area contributed by atoms with Crippen LogP contribution in [0.2, 0.25) is 5.02 Å². The molecule has 0 unspecified atom stereocenters. The van der Waals surface area contributed by atoms with Crippen LogP contribution in [0.1, 0.15) is 10.4 Å². The number of allylic oxidation sites excluding steroid dienone is 1. The molecule has 1 N–H and O–H groups in total. The van der Waals surface area contributed by atoms with Crippen molar-refractivity contribution in [1.29, 1.82) is 0 Å². The molecule has 1 amide bonds. The fourth-order valence-electron chi connectivity index (χ4n) is 2.62. The van der Waals surface area contributed by atoms with E-state index < -0.39 is 0 Å². The second-order valence-electron chi connectivity index (χ2n) is 6.02. The Morgan fingerprint density at radius 3 is 2.89 bits per heavy atom. The normalized spacial score (nSPS) is 11.0. The summed E-state index contributed by atoms with van der Waals surface area (Å²) in [4.78, 5) is 31.7. The molecule has 0 atom stereocenters. The molecule has 0 aliphatic carbocycles. The van der Waals surface area contributed by atoms with E-state index in [0.29, 0.717) is 32.6 Å². The molecule has 0 spiro atoms. The lowest BCUT2D eigenvalue weighted by atomic mass is 10.2. The number of fused-ring (bicyclic) bond motifs is 1. The SMILES string of the molecule is C=CCn1c(SCC(=O)Nc2ccc(Br)cc2Cl)nc2sc(C)c(C)c2c1=O. The molecule has 0 fully saturated rings. The minimum Gasteiger partial charge on any atom is -0.324 e. The van der Waals surface area contributed by atoms with E-state index in [-0.39, 0.29) is 17.2 Å². The van der Waals surface area contributed by atoms with Gasteiger partial charge in [0.05, 0.1) is 21.8 Å². The highest BCUT2D eigenvalue weighted by atomic mass is 79.9. The number of hydrogen-bond acceptors (Lipinski definition) is 5. The summed E-state index contributed by atoms with van der Waals surface area (Å²) in [6.07, 6.45) is 1.65. The Morgan fingerprint density at radius 1 is 1.46 bits per heavy atom. The van der Waals surface area contributed by atoms with Crippen molar-refractivity contribution in [3.63, 3.8) is 0 Å². The quantitative estimate of drug-likeness (QED) is 0.280. The Labute approximate surface area is 183 Å². The molecule has 2 heterocycles. The summed E-state index contributed by atoms with van der Waals surface area (Å²) in [7, 11) is 0. The summed E-state index contributed by atoms with van der Waals surface area (Å²) in [5.74, 6) is -0.127. The lowest BCUT2D eigenvalue weighted by Crippen LogP contribution is -2.23. The Bertz CT molecular complexity index is 1140. The number of thioether (sulfide) groups is 1. The highest BCUT2D eigenvalue weighted by Crippen LogP contribution is 2.29. The number of hydrogen-bond donors (Lipinski definition) is 1. The molecular formula is C19H17BrClN3O2S2. The summed E-state index contributed by atoms with van der Waals surface area (Å²) in [6, 6.07) is 5.24. The maximum absolute atomic E-state index is 12.9. The molecule has 1 aromatic carbocycles. The number of aromatic nitrogens is 2. The first-order valence-corrected chi connectivity index (χ1v) is 11.3. The Kier molecular flexibility index (Phi) is 6.65. The number of aryl methyl sites for hydroxylation is 2. The molecule has 146 valence electrons. The fraction of sp³-hybridized carbons (Fsp3) is 0.211. The number of carbonyl (C=O) groups excluding carboxylic acids is 1. The van der Waals surface area contributed by atoms with Crippen molar-refractivity contribution < 1.29 is 4.79 Å². The van der Waals surface area contributed by atoms with Gasteiger partial charge in [0, 0.05) is 15.9 Å². The third kappa shape index (κ3) is 4.35. The van der Waals surface area contributed by atoms with Crippen LogP contribution in [0.3, 0.4) is 0 Å². The Hall–Kier alpha value is -1.61. The van der Waals surface area contributed by atoms with Gasteiger partial charge in [-0.3, -0.25) is 14.2 Å². The number of thiophene rings is 1. The minimum atomic E-state index is -0.229. The van der Waals surface area contributed by atoms with E-state index in [0.717, 1.165) is 14.9 Å². The molecule has 3 aromatic rings. The van der Waals surface area contributed by atoms with E-state index in [4.69, 9.17) is 11.6 Å². The first-order chi connectivity index (χ1) is 13.3. The van der Waals surface area contributed by atoms with Crippen LogP contribution in [-0.4, -0.2) is 21.2 Å². The van der Waals surface area contributed by atoms with Gasteiger partial charge in [-0.1, -0.05) is 45.4 Å². The third-order valence-corrected chi connectivity index (χ3v) is 6.99. The van der Waals surface area contributed by atoms with E-state index in [1.165, 1.54) is 23.1 Å². The highest BCUT2D eigenvalue weighted by Gasteiger charge is 2.17. The molecule has 0 saturated carbocycles. The molecule has 2 aromatic heterocycles. The minimum absolute atomic E-state index is 0.102. The second-order valence-corrected chi connectivity index (χ2v) is 9.49. The van der Waals surface area contributed by atoms with E-state index in [9.17, 15) is 9.59 Å².